The van der Waals surface area contributed by atoms with Gasteiger partial charge in [-0.3, -0.25) is 4.79 Å². The first-order chi connectivity index (χ1) is 18.7. The normalized spacial score (nSPS) is 19.5. The lowest BCUT2D eigenvalue weighted by Gasteiger charge is -2.39. The number of aliphatic carboxylic acids is 1. The van der Waals surface area contributed by atoms with Gasteiger partial charge in [-0.25, -0.2) is 13.9 Å². The highest BCUT2D eigenvalue weighted by Crippen LogP contribution is 2.48. The van der Waals surface area contributed by atoms with Crippen LogP contribution in [-0.2, 0) is 24.7 Å². The number of amides is 1. The lowest BCUT2D eigenvalue weighted by molar-refractivity contribution is -0.177. The number of carbonyl (C=O) groups excluding carboxylic acids is 2. The van der Waals surface area contributed by atoms with Crippen molar-refractivity contribution in [3.05, 3.63) is 48.0 Å². The van der Waals surface area contributed by atoms with E-state index in [-0.39, 0.29) is 0 Å². The van der Waals surface area contributed by atoms with Gasteiger partial charge in [0.05, 0.1) is 13.7 Å². The summed E-state index contributed by atoms with van der Waals surface area (Å²) in [6.07, 6.45) is 8.34. The molecule has 2 aromatic carbocycles. The van der Waals surface area contributed by atoms with Crippen LogP contribution in [0.25, 0.3) is 0 Å². The van der Waals surface area contributed by atoms with E-state index in [4.69, 9.17) is 19.3 Å². The predicted octanol–water partition coefficient (Wildman–Crippen LogP) is 5.02. The number of carbonyl (C=O) groups is 3. The summed E-state index contributed by atoms with van der Waals surface area (Å²) in [5.74, 6) is -2.89. The second kappa shape index (κ2) is 12.7. The zero-order valence-corrected chi connectivity index (χ0v) is 23.5. The second-order valence-electron chi connectivity index (χ2n) is 10.1. The number of unbranched alkanes of at least 4 members (excludes halogenated alkanes) is 1. The van der Waals surface area contributed by atoms with E-state index < -0.39 is 23.4 Å². The highest BCUT2D eigenvalue weighted by molar-refractivity contribution is 8.01. The number of methoxy groups -OCH3 is 1. The number of ether oxygens (including phenoxy) is 3. The SMILES string of the molecule is COc1ccc(OCCCCN(C)C2CCCCC2)c(N2Sc3ccccc3C(C)(OC(=O)C(=O)O)C2=O)c1. The molecule has 1 N–H and O–H groups in total. The Morgan fingerprint density at radius 2 is 1.87 bits per heavy atom. The van der Waals surface area contributed by atoms with Crippen LogP contribution in [0.2, 0.25) is 0 Å². The maximum absolute atomic E-state index is 13.9. The fraction of sp³-hybridized carbons (Fsp3) is 0.483. The predicted molar refractivity (Wildman–Crippen MR) is 148 cm³/mol. The standard InChI is InChI=1S/C29H36N2O7S/c1-29(38-27(34)26(32)33)22-13-7-8-14-25(22)39-31(28(29)35)23-19-21(36-3)15-16-24(23)37-18-10-9-17-30(2)20-11-5-4-6-12-20/h7-8,13-16,19-20H,4-6,9-12,17-18H2,1-3H3,(H,32,33). The van der Waals surface area contributed by atoms with Gasteiger partial charge in [-0.1, -0.05) is 37.5 Å². The van der Waals surface area contributed by atoms with Crippen molar-refractivity contribution in [2.24, 2.45) is 0 Å². The van der Waals surface area contributed by atoms with Crippen LogP contribution in [0.15, 0.2) is 47.4 Å². The highest BCUT2D eigenvalue weighted by Gasteiger charge is 2.50. The number of nitrogens with zero attached hydrogens (tertiary/aromatic N) is 2. The molecule has 210 valence electrons. The molecule has 1 aliphatic carbocycles. The Balaban J connectivity index is 1.51. The number of esters is 1. The van der Waals surface area contributed by atoms with Crippen LogP contribution in [0.3, 0.4) is 0 Å². The molecule has 9 nitrogen and oxygen atoms in total. The van der Waals surface area contributed by atoms with Gasteiger partial charge in [0.1, 0.15) is 17.2 Å². The minimum atomic E-state index is -1.85. The largest absolute Gasteiger partial charge is 0.497 e. The zero-order chi connectivity index (χ0) is 28.0. The van der Waals surface area contributed by atoms with Crippen molar-refractivity contribution < 1.29 is 33.7 Å². The molecule has 1 amide bonds. The molecular weight excluding hydrogens is 520 g/mol. The quantitative estimate of drug-likeness (QED) is 0.187. The summed E-state index contributed by atoms with van der Waals surface area (Å²) in [5, 5.41) is 9.16. The van der Waals surface area contributed by atoms with Crippen LogP contribution >= 0.6 is 11.9 Å². The second-order valence-corrected chi connectivity index (χ2v) is 11.1. The molecule has 1 heterocycles. The number of hydrogen-bond acceptors (Lipinski definition) is 8. The van der Waals surface area contributed by atoms with Crippen molar-refractivity contribution in [3.8, 4) is 11.5 Å². The van der Waals surface area contributed by atoms with Gasteiger partial charge in [-0.2, -0.15) is 0 Å². The molecule has 0 spiro atoms. The van der Waals surface area contributed by atoms with E-state index in [1.165, 1.54) is 50.4 Å². The molecule has 0 radical (unpaired) electrons. The van der Waals surface area contributed by atoms with Crippen LogP contribution in [0.1, 0.15) is 57.4 Å². The maximum Gasteiger partial charge on any atom is 0.418 e. The molecule has 39 heavy (non-hydrogen) atoms. The van der Waals surface area contributed by atoms with E-state index in [1.807, 2.05) is 0 Å². The van der Waals surface area contributed by atoms with Gasteiger partial charge in [0.25, 0.3) is 5.91 Å². The van der Waals surface area contributed by atoms with Crippen LogP contribution in [-0.4, -0.2) is 61.2 Å². The van der Waals surface area contributed by atoms with Gasteiger partial charge in [-0.05, 0) is 76.3 Å². The molecule has 1 fully saturated rings. The van der Waals surface area contributed by atoms with Crippen molar-refractivity contribution in [2.75, 3.05) is 31.6 Å². The van der Waals surface area contributed by atoms with Crippen LogP contribution in [0, 0.1) is 0 Å². The number of carboxylic acid groups (broad SMARTS) is 1. The summed E-state index contributed by atoms with van der Waals surface area (Å²) in [7, 11) is 3.73. The molecule has 0 bridgehead atoms. The topological polar surface area (TPSA) is 106 Å². The third-order valence-corrected chi connectivity index (χ3v) is 8.50. The fourth-order valence-electron chi connectivity index (χ4n) is 5.13. The Bertz CT molecular complexity index is 1200. The number of hydrogen-bond donors (Lipinski definition) is 1. The number of fused-ring (bicyclic) bond motifs is 1. The fourth-order valence-corrected chi connectivity index (χ4v) is 6.33. The minimum Gasteiger partial charge on any atom is -0.497 e. The summed E-state index contributed by atoms with van der Waals surface area (Å²) < 4.78 is 18.2. The summed E-state index contributed by atoms with van der Waals surface area (Å²) in [6, 6.07) is 12.8. The van der Waals surface area contributed by atoms with Gasteiger partial charge in [0.2, 0.25) is 5.60 Å². The van der Waals surface area contributed by atoms with Crippen LogP contribution in [0.4, 0.5) is 5.69 Å². The maximum atomic E-state index is 13.9. The molecule has 1 atom stereocenters. The molecule has 1 aliphatic heterocycles. The Morgan fingerprint density at radius 1 is 1.13 bits per heavy atom. The molecule has 1 unspecified atom stereocenters. The Hall–Kier alpha value is -3.24. The first-order valence-electron chi connectivity index (χ1n) is 13.3. The molecular formula is C29H36N2O7S. The van der Waals surface area contributed by atoms with Crippen molar-refractivity contribution >= 4 is 35.5 Å². The van der Waals surface area contributed by atoms with E-state index >= 15 is 0 Å². The van der Waals surface area contributed by atoms with Crippen molar-refractivity contribution in [1.29, 1.82) is 0 Å². The van der Waals surface area contributed by atoms with Crippen LogP contribution in [0.5, 0.6) is 11.5 Å². The number of carboxylic acids is 1. The average molecular weight is 557 g/mol. The Morgan fingerprint density at radius 3 is 2.59 bits per heavy atom. The monoisotopic (exact) mass is 556 g/mol. The Labute approximate surface area is 233 Å². The molecule has 4 rings (SSSR count). The third kappa shape index (κ3) is 6.50. The molecule has 1 saturated carbocycles. The highest BCUT2D eigenvalue weighted by atomic mass is 32.2. The molecule has 0 aromatic heterocycles. The Kier molecular flexibility index (Phi) is 9.40. The van der Waals surface area contributed by atoms with Crippen molar-refractivity contribution in [2.45, 2.75) is 68.4 Å². The van der Waals surface area contributed by atoms with E-state index in [1.54, 1.807) is 42.5 Å². The minimum absolute atomic E-state index is 0.415. The number of anilines is 1. The van der Waals surface area contributed by atoms with Gasteiger partial charge in [-0.15, -0.1) is 0 Å². The zero-order valence-electron chi connectivity index (χ0n) is 22.7. The first-order valence-corrected chi connectivity index (χ1v) is 14.1. The van der Waals surface area contributed by atoms with E-state index in [0.717, 1.165) is 31.3 Å². The lowest BCUT2D eigenvalue weighted by atomic mass is 9.94. The smallest absolute Gasteiger partial charge is 0.418 e. The first kappa shape index (κ1) is 28.8. The van der Waals surface area contributed by atoms with Gasteiger partial charge >= 0.3 is 11.9 Å². The number of rotatable bonds is 10. The van der Waals surface area contributed by atoms with Gasteiger partial charge in [0.15, 0.2) is 0 Å². The average Bonchev–Trinajstić information content (AvgIpc) is 2.95. The van der Waals surface area contributed by atoms with Crippen molar-refractivity contribution in [1.82, 2.24) is 4.90 Å². The lowest BCUT2D eigenvalue weighted by Crippen LogP contribution is -2.49. The number of benzene rings is 2. The molecule has 2 aromatic rings. The van der Waals surface area contributed by atoms with E-state index in [9.17, 15) is 14.4 Å². The van der Waals surface area contributed by atoms with Crippen molar-refractivity contribution in [3.63, 3.8) is 0 Å². The van der Waals surface area contributed by atoms with Gasteiger partial charge < -0.3 is 24.2 Å². The molecule has 2 aliphatic rings. The van der Waals surface area contributed by atoms with Gasteiger partial charge in [0, 0.05) is 22.6 Å². The molecule has 10 heteroatoms. The van der Waals surface area contributed by atoms with E-state index in [2.05, 4.69) is 11.9 Å². The summed E-state index contributed by atoms with van der Waals surface area (Å²) in [4.78, 5) is 40.3. The third-order valence-electron chi connectivity index (χ3n) is 7.40. The summed E-state index contributed by atoms with van der Waals surface area (Å²) >= 11 is 1.16. The summed E-state index contributed by atoms with van der Waals surface area (Å²) in [6.45, 7) is 2.88. The molecule has 0 saturated heterocycles. The summed E-state index contributed by atoms with van der Waals surface area (Å²) in [5.41, 5.74) is -1.00. The van der Waals surface area contributed by atoms with Crippen LogP contribution < -0.4 is 13.8 Å². The van der Waals surface area contributed by atoms with E-state index in [0.29, 0.717) is 40.3 Å².